The van der Waals surface area contributed by atoms with E-state index in [2.05, 4.69) is 5.10 Å². The summed E-state index contributed by atoms with van der Waals surface area (Å²) in [5.74, 6) is -0.878. The van der Waals surface area contributed by atoms with E-state index in [1.165, 1.54) is 0 Å². The number of halogens is 3. The van der Waals surface area contributed by atoms with Crippen molar-refractivity contribution in [3.8, 4) is 0 Å². The van der Waals surface area contributed by atoms with Gasteiger partial charge in [0.15, 0.2) is 0 Å². The van der Waals surface area contributed by atoms with Crippen LogP contribution in [0.4, 0.5) is 13.2 Å². The number of carbonyl (C=O) groups excluding carboxylic acids is 1. The molecule has 0 unspecified atom stereocenters. The monoisotopic (exact) mass is 314 g/mol. The third-order valence-corrected chi connectivity index (χ3v) is 3.47. The maximum Gasteiger partial charge on any atom is 0.438 e. The normalized spacial score (nSPS) is 21.9. The minimum Gasteiger partial charge on any atom is -0.362 e. The van der Waals surface area contributed by atoms with Gasteiger partial charge in [-0.25, -0.2) is 0 Å². The Morgan fingerprint density at radius 1 is 1.36 bits per heavy atom. The summed E-state index contributed by atoms with van der Waals surface area (Å²) in [5, 5.41) is 13.9. The summed E-state index contributed by atoms with van der Waals surface area (Å²) in [6.07, 6.45) is -4.99. The number of benzene rings is 1. The van der Waals surface area contributed by atoms with E-state index in [1.54, 1.807) is 37.3 Å². The molecule has 0 saturated carbocycles. The molecule has 0 spiro atoms. The van der Waals surface area contributed by atoms with Crippen molar-refractivity contribution in [2.75, 3.05) is 0 Å². The van der Waals surface area contributed by atoms with Crippen molar-refractivity contribution >= 4 is 11.6 Å². The first-order valence-electron chi connectivity index (χ1n) is 7.00. The summed E-state index contributed by atoms with van der Waals surface area (Å²) in [6.45, 7) is 1.80. The predicted molar refractivity (Wildman–Crippen MR) is 75.0 cm³/mol. The second kappa shape index (κ2) is 6.08. The van der Waals surface area contributed by atoms with Crippen molar-refractivity contribution < 1.29 is 23.1 Å². The molecule has 0 bridgehead atoms. The van der Waals surface area contributed by atoms with E-state index in [0.29, 0.717) is 18.4 Å². The molecule has 2 rings (SSSR count). The van der Waals surface area contributed by atoms with E-state index < -0.39 is 24.2 Å². The van der Waals surface area contributed by atoms with Gasteiger partial charge in [-0.05, 0) is 12.0 Å². The van der Waals surface area contributed by atoms with Crippen molar-refractivity contribution in [1.29, 1.82) is 0 Å². The molecule has 22 heavy (non-hydrogen) atoms. The van der Waals surface area contributed by atoms with E-state index >= 15 is 0 Å². The van der Waals surface area contributed by atoms with Crippen molar-refractivity contribution in [1.82, 2.24) is 5.01 Å². The molecule has 1 aliphatic heterocycles. The highest BCUT2D eigenvalue weighted by atomic mass is 19.4. The van der Waals surface area contributed by atoms with E-state index in [0.717, 1.165) is 0 Å². The molecule has 0 saturated heterocycles. The van der Waals surface area contributed by atoms with Crippen LogP contribution in [0.1, 0.15) is 31.7 Å². The molecule has 1 aromatic rings. The van der Waals surface area contributed by atoms with Gasteiger partial charge in [-0.1, -0.05) is 43.7 Å². The summed E-state index contributed by atoms with van der Waals surface area (Å²) < 4.78 is 39.6. The molecule has 1 aromatic carbocycles. The topological polar surface area (TPSA) is 52.9 Å². The number of alkyl halides is 3. The number of hydrazone groups is 1. The van der Waals surface area contributed by atoms with Gasteiger partial charge in [0.2, 0.25) is 5.91 Å². The first-order valence-corrected chi connectivity index (χ1v) is 7.00. The van der Waals surface area contributed by atoms with Gasteiger partial charge in [-0.3, -0.25) is 4.79 Å². The molecular weight excluding hydrogens is 297 g/mol. The number of hydrogen-bond donors (Lipinski definition) is 1. The highest BCUT2D eigenvalue weighted by molar-refractivity contribution is 5.91. The molecule has 0 aliphatic carbocycles. The summed E-state index contributed by atoms with van der Waals surface area (Å²) in [5.41, 5.74) is -2.50. The molecule has 120 valence electrons. The molecule has 1 amide bonds. The number of hydrogen-bond acceptors (Lipinski definition) is 3. The van der Waals surface area contributed by atoms with E-state index in [-0.39, 0.29) is 17.1 Å². The fourth-order valence-corrected chi connectivity index (χ4v) is 2.37. The molecule has 0 aromatic heterocycles. The molecule has 0 fully saturated rings. The highest BCUT2D eigenvalue weighted by Crippen LogP contribution is 2.41. The average Bonchev–Trinajstić information content (AvgIpc) is 2.78. The minimum atomic E-state index is -4.96. The van der Waals surface area contributed by atoms with Crippen LogP contribution in [0.25, 0.3) is 0 Å². The second-order valence-corrected chi connectivity index (χ2v) is 5.28. The van der Waals surface area contributed by atoms with Crippen LogP contribution in [0.3, 0.4) is 0 Å². The standard InChI is InChI=1S/C15H17F3N2O2/c1-2-6-12-10-14(22,15(16,17)18)20(19-12)13(21)9-11-7-4-3-5-8-11/h3-5,7-8,22H,2,6,9-10H2,1H3/t14-/m1/s1. The lowest BCUT2D eigenvalue weighted by Gasteiger charge is -2.32. The number of amides is 1. The van der Waals surface area contributed by atoms with Crippen LogP contribution in [0.2, 0.25) is 0 Å². The lowest BCUT2D eigenvalue weighted by Crippen LogP contribution is -2.57. The van der Waals surface area contributed by atoms with Crippen LogP contribution < -0.4 is 0 Å². The zero-order valence-electron chi connectivity index (χ0n) is 12.1. The van der Waals surface area contributed by atoms with Crippen LogP contribution in [-0.2, 0) is 11.2 Å². The fourth-order valence-electron chi connectivity index (χ4n) is 2.37. The molecule has 1 atom stereocenters. The smallest absolute Gasteiger partial charge is 0.362 e. The molecule has 1 N–H and O–H groups in total. The van der Waals surface area contributed by atoms with Gasteiger partial charge in [-0.15, -0.1) is 0 Å². The van der Waals surface area contributed by atoms with Crippen molar-refractivity contribution in [3.05, 3.63) is 35.9 Å². The van der Waals surface area contributed by atoms with Crippen LogP contribution in [0.5, 0.6) is 0 Å². The van der Waals surface area contributed by atoms with Crippen molar-refractivity contribution in [3.63, 3.8) is 0 Å². The highest BCUT2D eigenvalue weighted by Gasteiger charge is 2.62. The Balaban J connectivity index is 2.25. The number of aliphatic hydroxyl groups is 1. The summed E-state index contributed by atoms with van der Waals surface area (Å²) >= 11 is 0. The van der Waals surface area contributed by atoms with E-state index in [1.807, 2.05) is 0 Å². The Bertz CT molecular complexity index is 572. The van der Waals surface area contributed by atoms with Crippen LogP contribution >= 0.6 is 0 Å². The first kappa shape index (κ1) is 16.5. The molecule has 0 radical (unpaired) electrons. The van der Waals surface area contributed by atoms with Crippen molar-refractivity contribution in [2.45, 2.75) is 44.5 Å². The quantitative estimate of drug-likeness (QED) is 0.929. The van der Waals surface area contributed by atoms with Gasteiger partial charge in [0, 0.05) is 12.1 Å². The largest absolute Gasteiger partial charge is 0.438 e. The zero-order valence-corrected chi connectivity index (χ0v) is 12.1. The van der Waals surface area contributed by atoms with Crippen LogP contribution in [-0.4, -0.2) is 33.6 Å². The summed E-state index contributed by atoms with van der Waals surface area (Å²) in [4.78, 5) is 12.2. The lowest BCUT2D eigenvalue weighted by atomic mass is 10.0. The van der Waals surface area contributed by atoms with Gasteiger partial charge < -0.3 is 5.11 Å². The Labute approximate surface area is 126 Å². The van der Waals surface area contributed by atoms with Crippen molar-refractivity contribution in [2.24, 2.45) is 5.10 Å². The lowest BCUT2D eigenvalue weighted by molar-refractivity contribution is -0.302. The molecule has 1 heterocycles. The predicted octanol–water partition coefficient (Wildman–Crippen LogP) is 2.87. The van der Waals surface area contributed by atoms with Crippen LogP contribution in [0.15, 0.2) is 35.4 Å². The third-order valence-electron chi connectivity index (χ3n) is 3.47. The average molecular weight is 314 g/mol. The summed E-state index contributed by atoms with van der Waals surface area (Å²) in [7, 11) is 0. The Hall–Kier alpha value is -1.89. The SMILES string of the molecule is CCCC1=NN(C(=O)Cc2ccccc2)[C@](O)(C(F)(F)F)C1. The number of rotatable bonds is 4. The zero-order chi connectivity index (χ0) is 16.4. The Morgan fingerprint density at radius 2 is 2.00 bits per heavy atom. The van der Waals surface area contributed by atoms with E-state index in [4.69, 9.17) is 0 Å². The maximum atomic E-state index is 13.2. The Morgan fingerprint density at radius 3 is 2.55 bits per heavy atom. The Kier molecular flexibility index (Phi) is 4.55. The third kappa shape index (κ3) is 3.14. The molecule has 7 heteroatoms. The van der Waals surface area contributed by atoms with Crippen LogP contribution in [0, 0.1) is 0 Å². The van der Waals surface area contributed by atoms with Gasteiger partial charge in [-0.2, -0.15) is 23.3 Å². The number of nitrogens with zero attached hydrogens (tertiary/aromatic N) is 2. The number of carbonyl (C=O) groups is 1. The molecule has 1 aliphatic rings. The molecular formula is C15H17F3N2O2. The van der Waals surface area contributed by atoms with Gasteiger partial charge in [0.05, 0.1) is 6.42 Å². The molecule has 4 nitrogen and oxygen atoms in total. The summed E-state index contributed by atoms with van der Waals surface area (Å²) in [6, 6.07) is 8.39. The van der Waals surface area contributed by atoms with Gasteiger partial charge in [0.25, 0.3) is 5.72 Å². The first-order chi connectivity index (χ1) is 10.3. The van der Waals surface area contributed by atoms with Gasteiger partial charge in [0.1, 0.15) is 0 Å². The second-order valence-electron chi connectivity index (χ2n) is 5.28. The van der Waals surface area contributed by atoms with E-state index in [9.17, 15) is 23.1 Å². The minimum absolute atomic E-state index is 0.184. The van der Waals surface area contributed by atoms with Gasteiger partial charge >= 0.3 is 6.18 Å². The maximum absolute atomic E-state index is 13.2. The fraction of sp³-hybridized carbons (Fsp3) is 0.467.